The number of nitrogens with zero attached hydrogens (tertiary/aromatic N) is 4. The lowest BCUT2D eigenvalue weighted by atomic mass is 9.91. The molecule has 1 aromatic carbocycles. The van der Waals surface area contributed by atoms with Gasteiger partial charge in [0.2, 0.25) is 5.91 Å². The summed E-state index contributed by atoms with van der Waals surface area (Å²) in [6.07, 6.45) is 7.26. The van der Waals surface area contributed by atoms with Gasteiger partial charge in [-0.05, 0) is 43.4 Å². The van der Waals surface area contributed by atoms with E-state index in [-0.39, 0.29) is 18.0 Å². The molecular weight excluding hydrogens is 352 g/mol. The van der Waals surface area contributed by atoms with Gasteiger partial charge in [-0.15, -0.1) is 0 Å². The Bertz CT molecular complexity index is 1010. The molecule has 7 heteroatoms. The van der Waals surface area contributed by atoms with Crippen LogP contribution in [0.15, 0.2) is 42.9 Å². The normalized spacial score (nSPS) is 22.3. The van der Waals surface area contributed by atoms with Crippen molar-refractivity contribution in [3.8, 4) is 0 Å². The summed E-state index contributed by atoms with van der Waals surface area (Å²) in [4.78, 5) is 28.9. The average molecular weight is 376 g/mol. The number of aromatic nitrogens is 3. The third-order valence-corrected chi connectivity index (χ3v) is 6.04. The number of rotatable bonds is 3. The molecule has 2 atom stereocenters. The maximum Gasteiger partial charge on any atom is 0.240 e. The number of anilines is 2. The van der Waals surface area contributed by atoms with Crippen LogP contribution >= 0.6 is 0 Å². The van der Waals surface area contributed by atoms with Crippen molar-refractivity contribution in [1.29, 1.82) is 0 Å². The highest BCUT2D eigenvalue weighted by Gasteiger charge is 2.37. The van der Waals surface area contributed by atoms with E-state index in [1.54, 1.807) is 6.33 Å². The number of benzene rings is 1. The lowest BCUT2D eigenvalue weighted by Crippen LogP contribution is -2.57. The van der Waals surface area contributed by atoms with Crippen LogP contribution in [-0.4, -0.2) is 46.0 Å². The van der Waals surface area contributed by atoms with Crippen LogP contribution in [0.4, 0.5) is 11.5 Å². The van der Waals surface area contributed by atoms with Gasteiger partial charge in [-0.3, -0.25) is 4.79 Å². The molecule has 0 saturated carbocycles. The van der Waals surface area contributed by atoms with Crippen molar-refractivity contribution >= 4 is 28.4 Å². The van der Waals surface area contributed by atoms with Crippen molar-refractivity contribution in [2.24, 2.45) is 5.73 Å². The van der Waals surface area contributed by atoms with Crippen LogP contribution in [0.2, 0.25) is 0 Å². The highest BCUT2D eigenvalue weighted by atomic mass is 16.1. The standard InChI is InChI=1S/C21H24N6O/c22-19(28)18-8-7-14-4-1-2-6-17(14)27(18)15-5-3-11-26(12-15)21-16-9-10-23-20(16)24-13-25-21/h1-2,4,6,9-10,13,15,18H,3,5,7-8,11-12H2,(H2,22,28)(H,23,24,25)/t15-,18?/m1/s1. The Morgan fingerprint density at radius 2 is 2.07 bits per heavy atom. The minimum Gasteiger partial charge on any atom is -0.368 e. The fourth-order valence-corrected chi connectivity index (χ4v) is 4.79. The lowest BCUT2D eigenvalue weighted by molar-refractivity contribution is -0.119. The highest BCUT2D eigenvalue weighted by molar-refractivity contribution is 5.88. The number of fused-ring (bicyclic) bond motifs is 2. The number of carbonyl (C=O) groups excluding carboxylic acids is 1. The smallest absolute Gasteiger partial charge is 0.240 e. The van der Waals surface area contributed by atoms with E-state index in [1.807, 2.05) is 18.3 Å². The average Bonchev–Trinajstić information content (AvgIpc) is 3.22. The van der Waals surface area contributed by atoms with Gasteiger partial charge in [0, 0.05) is 31.0 Å². The number of hydrogen-bond donors (Lipinski definition) is 2. The van der Waals surface area contributed by atoms with Crippen LogP contribution in [0.5, 0.6) is 0 Å². The summed E-state index contributed by atoms with van der Waals surface area (Å²) in [5, 5.41) is 1.04. The number of aryl methyl sites for hydroxylation is 1. The van der Waals surface area contributed by atoms with Crippen molar-refractivity contribution in [1.82, 2.24) is 15.0 Å². The maximum atomic E-state index is 12.3. The Balaban J connectivity index is 1.50. The van der Waals surface area contributed by atoms with Crippen molar-refractivity contribution in [3.05, 3.63) is 48.4 Å². The van der Waals surface area contributed by atoms with E-state index in [2.05, 4.69) is 43.0 Å². The van der Waals surface area contributed by atoms with Gasteiger partial charge >= 0.3 is 0 Å². The Morgan fingerprint density at radius 1 is 1.18 bits per heavy atom. The number of nitrogens with one attached hydrogen (secondary N) is 1. The molecule has 2 aromatic heterocycles. The molecule has 3 aromatic rings. The van der Waals surface area contributed by atoms with Crippen molar-refractivity contribution in [2.75, 3.05) is 22.9 Å². The zero-order valence-electron chi connectivity index (χ0n) is 15.7. The molecule has 2 aliphatic rings. The van der Waals surface area contributed by atoms with Crippen molar-refractivity contribution in [3.63, 3.8) is 0 Å². The van der Waals surface area contributed by atoms with Crippen LogP contribution in [0.3, 0.4) is 0 Å². The summed E-state index contributed by atoms with van der Waals surface area (Å²) in [5.41, 5.74) is 9.11. The fraction of sp³-hybridized carbons (Fsp3) is 0.381. The van der Waals surface area contributed by atoms with Gasteiger partial charge in [0.15, 0.2) is 0 Å². The lowest BCUT2D eigenvalue weighted by Gasteiger charge is -2.46. The molecule has 1 fully saturated rings. The minimum atomic E-state index is -0.252. The van der Waals surface area contributed by atoms with Crippen LogP contribution < -0.4 is 15.5 Å². The second kappa shape index (κ2) is 6.82. The van der Waals surface area contributed by atoms with Gasteiger partial charge in [0.05, 0.1) is 5.39 Å². The molecule has 0 radical (unpaired) electrons. The molecule has 5 rings (SSSR count). The van der Waals surface area contributed by atoms with E-state index in [1.165, 1.54) is 5.56 Å². The molecule has 0 aliphatic carbocycles. The molecule has 1 unspecified atom stereocenters. The van der Waals surface area contributed by atoms with E-state index in [0.29, 0.717) is 0 Å². The van der Waals surface area contributed by atoms with Crippen molar-refractivity contribution < 1.29 is 4.79 Å². The molecular formula is C21H24N6O. The molecule has 0 bridgehead atoms. The van der Waals surface area contributed by atoms with E-state index in [4.69, 9.17) is 5.73 Å². The van der Waals surface area contributed by atoms with Crippen LogP contribution in [-0.2, 0) is 11.2 Å². The Labute approximate surface area is 163 Å². The number of amides is 1. The molecule has 28 heavy (non-hydrogen) atoms. The molecule has 7 nitrogen and oxygen atoms in total. The van der Waals surface area contributed by atoms with Crippen LogP contribution in [0.1, 0.15) is 24.8 Å². The number of piperidine rings is 1. The quantitative estimate of drug-likeness (QED) is 0.731. The van der Waals surface area contributed by atoms with Gasteiger partial charge in [-0.25, -0.2) is 9.97 Å². The number of aromatic amines is 1. The third-order valence-electron chi connectivity index (χ3n) is 6.04. The second-order valence-electron chi connectivity index (χ2n) is 7.67. The van der Waals surface area contributed by atoms with Gasteiger partial charge in [0.25, 0.3) is 0 Å². The van der Waals surface area contributed by atoms with E-state index >= 15 is 0 Å². The predicted octanol–water partition coefficient (Wildman–Crippen LogP) is 2.23. The first-order valence-corrected chi connectivity index (χ1v) is 9.91. The first-order valence-electron chi connectivity index (χ1n) is 9.91. The topological polar surface area (TPSA) is 91.1 Å². The first kappa shape index (κ1) is 17.0. The zero-order valence-corrected chi connectivity index (χ0v) is 15.7. The van der Waals surface area contributed by atoms with Gasteiger partial charge in [-0.2, -0.15) is 0 Å². The molecule has 4 heterocycles. The summed E-state index contributed by atoms with van der Waals surface area (Å²) in [7, 11) is 0. The van der Waals surface area contributed by atoms with Gasteiger partial charge in [-0.1, -0.05) is 18.2 Å². The highest BCUT2D eigenvalue weighted by Crippen LogP contribution is 2.35. The Hall–Kier alpha value is -3.09. The monoisotopic (exact) mass is 376 g/mol. The maximum absolute atomic E-state index is 12.3. The third kappa shape index (κ3) is 2.78. The number of para-hydroxylation sites is 1. The largest absolute Gasteiger partial charge is 0.368 e. The Kier molecular flexibility index (Phi) is 4.15. The number of hydrogen-bond acceptors (Lipinski definition) is 5. The van der Waals surface area contributed by atoms with Crippen LogP contribution in [0.25, 0.3) is 11.0 Å². The van der Waals surface area contributed by atoms with Gasteiger partial charge < -0.3 is 20.5 Å². The van der Waals surface area contributed by atoms with E-state index in [9.17, 15) is 4.79 Å². The molecule has 144 valence electrons. The SMILES string of the molecule is NC(=O)C1CCc2ccccc2N1[C@@H]1CCCN(c2ncnc3[nH]ccc23)C1. The summed E-state index contributed by atoms with van der Waals surface area (Å²) in [5.74, 6) is 0.721. The minimum absolute atomic E-state index is 0.219. The molecule has 1 saturated heterocycles. The van der Waals surface area contributed by atoms with Crippen molar-refractivity contribution in [2.45, 2.75) is 37.8 Å². The number of nitrogens with two attached hydrogens (primary N) is 1. The first-order chi connectivity index (χ1) is 13.7. The molecule has 3 N–H and O–H groups in total. The summed E-state index contributed by atoms with van der Waals surface area (Å²) in [6, 6.07) is 10.4. The van der Waals surface area contributed by atoms with E-state index < -0.39 is 0 Å². The fourth-order valence-electron chi connectivity index (χ4n) is 4.79. The van der Waals surface area contributed by atoms with Gasteiger partial charge in [0.1, 0.15) is 23.8 Å². The number of primary amides is 1. The number of H-pyrrole nitrogens is 1. The molecule has 0 spiro atoms. The Morgan fingerprint density at radius 3 is 2.96 bits per heavy atom. The van der Waals surface area contributed by atoms with E-state index in [0.717, 1.165) is 61.3 Å². The second-order valence-corrected chi connectivity index (χ2v) is 7.67. The van der Waals surface area contributed by atoms with Crippen LogP contribution in [0, 0.1) is 0 Å². The summed E-state index contributed by atoms with van der Waals surface area (Å²) in [6.45, 7) is 1.76. The summed E-state index contributed by atoms with van der Waals surface area (Å²) >= 11 is 0. The molecule has 2 aliphatic heterocycles. The number of carbonyl (C=O) groups is 1. The summed E-state index contributed by atoms with van der Waals surface area (Å²) < 4.78 is 0. The zero-order chi connectivity index (χ0) is 19.1. The predicted molar refractivity (Wildman–Crippen MR) is 109 cm³/mol. The molecule has 1 amide bonds.